The van der Waals surface area contributed by atoms with Gasteiger partial charge in [-0.05, 0) is 25.0 Å². The number of halogens is 3. The number of benzene rings is 1. The molecular formula is C11H12ClF2N. The molecule has 1 aromatic carbocycles. The molecule has 0 saturated heterocycles. The highest BCUT2D eigenvalue weighted by atomic mass is 35.5. The molecule has 1 aliphatic carbocycles. The lowest BCUT2D eigenvalue weighted by Gasteiger charge is -2.25. The lowest BCUT2D eigenvalue weighted by Crippen LogP contribution is -2.34. The fraction of sp³-hybridized carbons (Fsp3) is 0.455. The van der Waals surface area contributed by atoms with Crippen molar-refractivity contribution in [3.63, 3.8) is 0 Å². The lowest BCUT2D eigenvalue weighted by molar-refractivity contribution is 0.429. The second kappa shape index (κ2) is 3.72. The van der Waals surface area contributed by atoms with Crippen molar-refractivity contribution in [1.29, 1.82) is 0 Å². The van der Waals surface area contributed by atoms with Crippen LogP contribution in [0.25, 0.3) is 0 Å². The van der Waals surface area contributed by atoms with Gasteiger partial charge in [-0.2, -0.15) is 0 Å². The van der Waals surface area contributed by atoms with Crippen molar-refractivity contribution in [1.82, 2.24) is 0 Å². The summed E-state index contributed by atoms with van der Waals surface area (Å²) in [5.74, 6) is -1.12. The topological polar surface area (TPSA) is 26.0 Å². The Morgan fingerprint density at radius 3 is 2.40 bits per heavy atom. The number of hydrogen-bond donors (Lipinski definition) is 1. The predicted molar refractivity (Wildman–Crippen MR) is 55.7 cm³/mol. The molecule has 0 bridgehead atoms. The number of hydrogen-bond acceptors (Lipinski definition) is 1. The minimum atomic E-state index is -0.740. The van der Waals surface area contributed by atoms with E-state index < -0.39 is 17.2 Å². The molecule has 2 N–H and O–H groups in total. The first-order chi connectivity index (χ1) is 7.03. The maximum absolute atomic E-state index is 13.7. The van der Waals surface area contributed by atoms with Crippen LogP contribution in [-0.4, -0.2) is 0 Å². The first-order valence-corrected chi connectivity index (χ1v) is 5.35. The molecular weight excluding hydrogens is 220 g/mol. The van der Waals surface area contributed by atoms with Gasteiger partial charge >= 0.3 is 0 Å². The Kier molecular flexibility index (Phi) is 2.69. The van der Waals surface area contributed by atoms with E-state index in [1.165, 1.54) is 0 Å². The Balaban J connectivity index is 2.51. The van der Waals surface area contributed by atoms with Gasteiger partial charge in [-0.25, -0.2) is 8.78 Å². The summed E-state index contributed by atoms with van der Waals surface area (Å²) in [5.41, 5.74) is 5.53. The van der Waals surface area contributed by atoms with Crippen molar-refractivity contribution < 1.29 is 8.78 Å². The molecule has 1 saturated carbocycles. The molecule has 4 heteroatoms. The molecule has 0 unspecified atom stereocenters. The minimum Gasteiger partial charge on any atom is -0.321 e. The SMILES string of the molecule is NC1(c2cc(F)cc(Cl)c2F)CCCC1. The third-order valence-electron chi connectivity index (χ3n) is 3.03. The summed E-state index contributed by atoms with van der Waals surface area (Å²) in [6.45, 7) is 0. The zero-order chi connectivity index (χ0) is 11.1. The summed E-state index contributed by atoms with van der Waals surface area (Å²) in [6.07, 6.45) is 3.27. The first kappa shape index (κ1) is 10.8. The van der Waals surface area contributed by atoms with E-state index in [-0.39, 0.29) is 10.6 Å². The molecule has 1 nitrogen and oxygen atoms in total. The molecule has 2 rings (SSSR count). The zero-order valence-electron chi connectivity index (χ0n) is 8.19. The van der Waals surface area contributed by atoms with Crippen LogP contribution in [-0.2, 0) is 5.54 Å². The molecule has 0 heterocycles. The van der Waals surface area contributed by atoms with E-state index in [2.05, 4.69) is 0 Å². The fourth-order valence-corrected chi connectivity index (χ4v) is 2.40. The van der Waals surface area contributed by atoms with Crippen LogP contribution in [0.4, 0.5) is 8.78 Å². The third kappa shape index (κ3) is 1.86. The van der Waals surface area contributed by atoms with Crippen LogP contribution in [0.15, 0.2) is 12.1 Å². The number of rotatable bonds is 1. The molecule has 0 atom stereocenters. The van der Waals surface area contributed by atoms with Crippen LogP contribution < -0.4 is 5.73 Å². The Morgan fingerprint density at radius 1 is 1.20 bits per heavy atom. The Labute approximate surface area is 92.2 Å². The monoisotopic (exact) mass is 231 g/mol. The maximum Gasteiger partial charge on any atom is 0.147 e. The standard InChI is InChI=1S/C11H12ClF2N/c12-9-6-7(13)5-8(10(9)14)11(15)3-1-2-4-11/h5-6H,1-4,15H2. The van der Waals surface area contributed by atoms with Crippen molar-refractivity contribution in [2.75, 3.05) is 0 Å². The Morgan fingerprint density at radius 2 is 1.80 bits per heavy atom. The summed E-state index contributed by atoms with van der Waals surface area (Å²) in [5, 5.41) is -0.193. The van der Waals surface area contributed by atoms with Crippen molar-refractivity contribution in [2.45, 2.75) is 31.2 Å². The highest BCUT2D eigenvalue weighted by Crippen LogP contribution is 2.39. The van der Waals surface area contributed by atoms with Crippen molar-refractivity contribution in [3.05, 3.63) is 34.4 Å². The van der Waals surface area contributed by atoms with Crippen LogP contribution in [0.2, 0.25) is 5.02 Å². The molecule has 1 fully saturated rings. The van der Waals surface area contributed by atoms with Crippen LogP contribution in [0.5, 0.6) is 0 Å². The second-order valence-electron chi connectivity index (χ2n) is 4.11. The average molecular weight is 232 g/mol. The van der Waals surface area contributed by atoms with Crippen LogP contribution >= 0.6 is 11.6 Å². The highest BCUT2D eigenvalue weighted by molar-refractivity contribution is 6.30. The largest absolute Gasteiger partial charge is 0.321 e. The predicted octanol–water partition coefficient (Wildman–Crippen LogP) is 3.35. The van der Waals surface area contributed by atoms with Gasteiger partial charge in [0.25, 0.3) is 0 Å². The van der Waals surface area contributed by atoms with Gasteiger partial charge in [0, 0.05) is 11.1 Å². The van der Waals surface area contributed by atoms with Gasteiger partial charge in [0.15, 0.2) is 0 Å². The summed E-state index contributed by atoms with van der Waals surface area (Å²) in [6, 6.07) is 2.13. The van der Waals surface area contributed by atoms with Crippen LogP contribution in [0.1, 0.15) is 31.2 Å². The molecule has 0 aliphatic heterocycles. The highest BCUT2D eigenvalue weighted by Gasteiger charge is 2.34. The summed E-state index contributed by atoms with van der Waals surface area (Å²) in [4.78, 5) is 0. The Bertz CT molecular complexity index is 386. The Hall–Kier alpha value is -0.670. The molecule has 15 heavy (non-hydrogen) atoms. The molecule has 0 spiro atoms. The molecule has 0 radical (unpaired) electrons. The first-order valence-electron chi connectivity index (χ1n) is 4.97. The van der Waals surface area contributed by atoms with Gasteiger partial charge in [0.1, 0.15) is 11.6 Å². The van der Waals surface area contributed by atoms with Gasteiger partial charge in [0.05, 0.1) is 5.02 Å². The molecule has 0 amide bonds. The van der Waals surface area contributed by atoms with Gasteiger partial charge in [-0.3, -0.25) is 0 Å². The van der Waals surface area contributed by atoms with Crippen molar-refractivity contribution in [2.24, 2.45) is 5.73 Å². The van der Waals surface area contributed by atoms with Crippen LogP contribution in [0.3, 0.4) is 0 Å². The molecule has 1 aliphatic rings. The van der Waals surface area contributed by atoms with Gasteiger partial charge in [-0.1, -0.05) is 24.4 Å². The van der Waals surface area contributed by atoms with E-state index >= 15 is 0 Å². The van der Waals surface area contributed by atoms with E-state index in [9.17, 15) is 8.78 Å². The molecule has 0 aromatic heterocycles. The second-order valence-corrected chi connectivity index (χ2v) is 4.52. The normalized spacial score (nSPS) is 19.5. The van der Waals surface area contributed by atoms with E-state index in [0.29, 0.717) is 12.8 Å². The van der Waals surface area contributed by atoms with Crippen molar-refractivity contribution in [3.8, 4) is 0 Å². The van der Waals surface area contributed by atoms with E-state index in [1.54, 1.807) is 0 Å². The number of nitrogens with two attached hydrogens (primary N) is 1. The molecule has 1 aromatic rings. The minimum absolute atomic E-state index is 0.193. The zero-order valence-corrected chi connectivity index (χ0v) is 8.95. The lowest BCUT2D eigenvalue weighted by atomic mass is 9.89. The van der Waals surface area contributed by atoms with E-state index in [4.69, 9.17) is 17.3 Å². The fourth-order valence-electron chi connectivity index (χ4n) is 2.19. The van der Waals surface area contributed by atoms with Crippen molar-refractivity contribution >= 4 is 11.6 Å². The summed E-state index contributed by atoms with van der Waals surface area (Å²) >= 11 is 5.59. The van der Waals surface area contributed by atoms with Gasteiger partial charge in [0.2, 0.25) is 0 Å². The maximum atomic E-state index is 13.7. The van der Waals surface area contributed by atoms with Crippen LogP contribution in [0, 0.1) is 11.6 Å². The summed E-state index contributed by atoms with van der Waals surface area (Å²) < 4.78 is 26.8. The van der Waals surface area contributed by atoms with Gasteiger partial charge in [-0.15, -0.1) is 0 Å². The summed E-state index contributed by atoms with van der Waals surface area (Å²) in [7, 11) is 0. The average Bonchev–Trinajstić information content (AvgIpc) is 2.59. The quantitative estimate of drug-likeness (QED) is 0.737. The van der Waals surface area contributed by atoms with E-state index in [1.807, 2.05) is 0 Å². The van der Waals surface area contributed by atoms with Gasteiger partial charge < -0.3 is 5.73 Å². The van der Waals surface area contributed by atoms with E-state index in [0.717, 1.165) is 25.0 Å². The molecule has 82 valence electrons. The third-order valence-corrected chi connectivity index (χ3v) is 3.30. The smallest absolute Gasteiger partial charge is 0.147 e.